The van der Waals surface area contributed by atoms with Crippen LogP contribution in [0.4, 0.5) is 10.1 Å². The number of hydrogen-bond acceptors (Lipinski definition) is 4. The normalized spacial score (nSPS) is 10.1. The second kappa shape index (κ2) is 4.44. The molecule has 0 aliphatic rings. The molecule has 1 aromatic carbocycles. The van der Waals surface area contributed by atoms with E-state index >= 15 is 0 Å². The van der Waals surface area contributed by atoms with Gasteiger partial charge in [0.05, 0.1) is 10.2 Å². The van der Waals surface area contributed by atoms with Crippen LogP contribution < -0.4 is 10.5 Å². The number of hydrogen-bond donors (Lipinski definition) is 1. The second-order valence-electron chi connectivity index (χ2n) is 2.96. The number of nitrogens with two attached hydrogens (primary N) is 1. The molecule has 6 heteroatoms. The van der Waals surface area contributed by atoms with Crippen molar-refractivity contribution in [2.24, 2.45) is 0 Å². The highest BCUT2D eigenvalue weighted by molar-refractivity contribution is 9.10. The standard InChI is InChI=1S/C10H7BrFN3O/c11-7-4-14-5-15-10(7)16-9-2-1-6(12)3-8(9)13/h1-5H,13H2. The first-order chi connectivity index (χ1) is 7.66. The summed E-state index contributed by atoms with van der Waals surface area (Å²) in [5.41, 5.74) is 5.81. The fraction of sp³-hybridized carbons (Fsp3) is 0. The molecule has 0 aliphatic carbocycles. The molecular formula is C10H7BrFN3O. The van der Waals surface area contributed by atoms with Gasteiger partial charge in [-0.2, -0.15) is 0 Å². The monoisotopic (exact) mass is 283 g/mol. The third-order valence-corrected chi connectivity index (χ3v) is 2.36. The van der Waals surface area contributed by atoms with Gasteiger partial charge in [-0.05, 0) is 28.1 Å². The SMILES string of the molecule is Nc1cc(F)ccc1Oc1ncncc1Br. The van der Waals surface area contributed by atoms with Crippen LogP contribution in [0.25, 0.3) is 0 Å². The summed E-state index contributed by atoms with van der Waals surface area (Å²) in [5, 5.41) is 0. The third-order valence-electron chi connectivity index (χ3n) is 1.81. The number of benzene rings is 1. The Labute approximate surface area is 99.4 Å². The van der Waals surface area contributed by atoms with E-state index in [-0.39, 0.29) is 5.69 Å². The molecule has 2 rings (SSSR count). The van der Waals surface area contributed by atoms with Crippen molar-refractivity contribution in [2.75, 3.05) is 5.73 Å². The maximum Gasteiger partial charge on any atom is 0.236 e. The topological polar surface area (TPSA) is 61.0 Å². The van der Waals surface area contributed by atoms with Crippen molar-refractivity contribution in [3.8, 4) is 11.6 Å². The van der Waals surface area contributed by atoms with E-state index in [0.717, 1.165) is 0 Å². The zero-order valence-electron chi connectivity index (χ0n) is 8.02. The number of anilines is 1. The molecule has 0 fully saturated rings. The fourth-order valence-corrected chi connectivity index (χ4v) is 1.39. The average Bonchev–Trinajstić information content (AvgIpc) is 2.25. The predicted molar refractivity (Wildman–Crippen MR) is 60.6 cm³/mol. The minimum absolute atomic E-state index is 0.213. The first-order valence-corrected chi connectivity index (χ1v) is 5.14. The van der Waals surface area contributed by atoms with Gasteiger partial charge in [0.2, 0.25) is 5.88 Å². The molecule has 0 unspecified atom stereocenters. The van der Waals surface area contributed by atoms with Crippen LogP contribution in [-0.4, -0.2) is 9.97 Å². The van der Waals surface area contributed by atoms with E-state index in [4.69, 9.17) is 10.5 Å². The van der Waals surface area contributed by atoms with Gasteiger partial charge in [-0.1, -0.05) is 0 Å². The zero-order valence-corrected chi connectivity index (χ0v) is 9.61. The lowest BCUT2D eigenvalue weighted by molar-refractivity contribution is 0.459. The van der Waals surface area contributed by atoms with E-state index < -0.39 is 5.82 Å². The van der Waals surface area contributed by atoms with Crippen LogP contribution in [0, 0.1) is 5.82 Å². The van der Waals surface area contributed by atoms with Crippen molar-refractivity contribution >= 4 is 21.6 Å². The van der Waals surface area contributed by atoms with E-state index in [1.807, 2.05) is 0 Å². The molecule has 2 N–H and O–H groups in total. The quantitative estimate of drug-likeness (QED) is 0.861. The molecule has 0 spiro atoms. The number of ether oxygens (including phenoxy) is 1. The van der Waals surface area contributed by atoms with Crippen molar-refractivity contribution in [3.05, 3.63) is 41.0 Å². The van der Waals surface area contributed by atoms with Crippen LogP contribution in [0.5, 0.6) is 11.6 Å². The zero-order chi connectivity index (χ0) is 11.5. The lowest BCUT2D eigenvalue weighted by atomic mass is 10.3. The lowest BCUT2D eigenvalue weighted by Crippen LogP contribution is -1.95. The Morgan fingerprint density at radius 2 is 2.19 bits per heavy atom. The highest BCUT2D eigenvalue weighted by atomic mass is 79.9. The molecule has 16 heavy (non-hydrogen) atoms. The Bertz CT molecular complexity index is 521. The minimum Gasteiger partial charge on any atom is -0.436 e. The van der Waals surface area contributed by atoms with Gasteiger partial charge in [0.25, 0.3) is 0 Å². The first-order valence-electron chi connectivity index (χ1n) is 4.35. The van der Waals surface area contributed by atoms with Crippen molar-refractivity contribution < 1.29 is 9.13 Å². The molecule has 0 bridgehead atoms. The van der Waals surface area contributed by atoms with Gasteiger partial charge >= 0.3 is 0 Å². The van der Waals surface area contributed by atoms with E-state index in [1.54, 1.807) is 6.20 Å². The van der Waals surface area contributed by atoms with Crippen LogP contribution in [0.2, 0.25) is 0 Å². The fourth-order valence-electron chi connectivity index (χ4n) is 1.09. The summed E-state index contributed by atoms with van der Waals surface area (Å²) in [6.07, 6.45) is 2.89. The number of nitrogen functional groups attached to an aromatic ring is 1. The number of halogens is 2. The number of aromatic nitrogens is 2. The van der Waals surface area contributed by atoms with E-state index in [1.165, 1.54) is 24.5 Å². The molecule has 2 aromatic rings. The molecule has 0 amide bonds. The Hall–Kier alpha value is -1.69. The maximum atomic E-state index is 12.8. The average molecular weight is 284 g/mol. The van der Waals surface area contributed by atoms with Crippen molar-refractivity contribution in [1.82, 2.24) is 9.97 Å². The number of rotatable bonds is 2. The smallest absolute Gasteiger partial charge is 0.236 e. The van der Waals surface area contributed by atoms with Gasteiger partial charge in [-0.15, -0.1) is 0 Å². The van der Waals surface area contributed by atoms with Crippen LogP contribution in [-0.2, 0) is 0 Å². The Balaban J connectivity index is 2.31. The summed E-state index contributed by atoms with van der Waals surface area (Å²) in [4.78, 5) is 7.70. The van der Waals surface area contributed by atoms with E-state index in [9.17, 15) is 4.39 Å². The van der Waals surface area contributed by atoms with Gasteiger partial charge in [0.15, 0.2) is 5.75 Å². The molecule has 0 aliphatic heterocycles. The van der Waals surface area contributed by atoms with E-state index in [2.05, 4.69) is 25.9 Å². The first kappa shape index (κ1) is 10.8. The Kier molecular flexibility index (Phi) is 3.00. The molecule has 0 saturated carbocycles. The van der Waals surface area contributed by atoms with Crippen molar-refractivity contribution in [1.29, 1.82) is 0 Å². The highest BCUT2D eigenvalue weighted by Gasteiger charge is 2.07. The molecule has 0 radical (unpaired) electrons. The summed E-state index contributed by atoms with van der Waals surface area (Å²) in [5.74, 6) is 0.265. The summed E-state index contributed by atoms with van der Waals surface area (Å²) >= 11 is 3.23. The lowest BCUT2D eigenvalue weighted by Gasteiger charge is -2.07. The van der Waals surface area contributed by atoms with Gasteiger partial charge in [0.1, 0.15) is 12.1 Å². The van der Waals surface area contributed by atoms with Crippen LogP contribution in [0.1, 0.15) is 0 Å². The molecule has 1 aromatic heterocycles. The predicted octanol–water partition coefficient (Wildman–Crippen LogP) is 2.75. The molecule has 4 nitrogen and oxygen atoms in total. The Morgan fingerprint density at radius 3 is 2.88 bits per heavy atom. The summed E-state index contributed by atoms with van der Waals surface area (Å²) < 4.78 is 18.8. The van der Waals surface area contributed by atoms with Crippen LogP contribution in [0.3, 0.4) is 0 Å². The Morgan fingerprint density at radius 1 is 1.38 bits per heavy atom. The maximum absolute atomic E-state index is 12.8. The van der Waals surface area contributed by atoms with Gasteiger partial charge in [-0.25, -0.2) is 14.4 Å². The van der Waals surface area contributed by atoms with Crippen LogP contribution in [0.15, 0.2) is 35.2 Å². The van der Waals surface area contributed by atoms with Crippen molar-refractivity contribution in [3.63, 3.8) is 0 Å². The summed E-state index contributed by atoms with van der Waals surface area (Å²) in [6, 6.07) is 3.89. The largest absolute Gasteiger partial charge is 0.436 e. The van der Waals surface area contributed by atoms with E-state index in [0.29, 0.717) is 16.1 Å². The summed E-state index contributed by atoms with van der Waals surface area (Å²) in [7, 11) is 0. The summed E-state index contributed by atoms with van der Waals surface area (Å²) in [6.45, 7) is 0. The van der Waals surface area contributed by atoms with Crippen molar-refractivity contribution in [2.45, 2.75) is 0 Å². The highest BCUT2D eigenvalue weighted by Crippen LogP contribution is 2.30. The molecular weight excluding hydrogens is 277 g/mol. The van der Waals surface area contributed by atoms with Crippen LogP contribution >= 0.6 is 15.9 Å². The molecule has 0 saturated heterocycles. The third kappa shape index (κ3) is 2.27. The van der Waals surface area contributed by atoms with Gasteiger partial charge < -0.3 is 10.5 Å². The molecule has 82 valence electrons. The minimum atomic E-state index is -0.411. The van der Waals surface area contributed by atoms with Gasteiger partial charge in [0, 0.05) is 12.3 Å². The number of nitrogens with zero attached hydrogens (tertiary/aromatic N) is 2. The molecule has 1 heterocycles. The molecule has 0 atom stereocenters. The second-order valence-corrected chi connectivity index (χ2v) is 3.81. The van der Waals surface area contributed by atoms with Gasteiger partial charge in [-0.3, -0.25) is 0 Å².